The van der Waals surface area contributed by atoms with Gasteiger partial charge in [0.1, 0.15) is 0 Å². The number of methoxy groups -OCH3 is 1. The molecule has 0 atom stereocenters. The fraction of sp³-hybridized carbons (Fsp3) is 0.625. The summed E-state index contributed by atoms with van der Waals surface area (Å²) >= 11 is 0. The van der Waals surface area contributed by atoms with Gasteiger partial charge in [0.05, 0.1) is 6.61 Å². The molecule has 0 rings (SSSR count). The Bertz CT molecular complexity index is 67.0. The number of rotatable bonds is 5. The van der Waals surface area contributed by atoms with E-state index in [-0.39, 0.29) is 0 Å². The molecule has 0 aliphatic carbocycles. The summed E-state index contributed by atoms with van der Waals surface area (Å²) in [4.78, 5) is 0. The van der Waals surface area contributed by atoms with Crippen molar-refractivity contribution in [3.63, 3.8) is 0 Å². The van der Waals surface area contributed by atoms with Gasteiger partial charge in [0.25, 0.3) is 0 Å². The van der Waals surface area contributed by atoms with Crippen LogP contribution in [-0.2, 0) is 4.74 Å². The van der Waals surface area contributed by atoms with Crippen molar-refractivity contribution in [3.05, 3.63) is 18.6 Å². The van der Waals surface area contributed by atoms with Gasteiger partial charge in [-0.3, -0.25) is 0 Å². The van der Waals surface area contributed by atoms with Crippen LogP contribution in [-0.4, -0.2) is 13.7 Å². The van der Waals surface area contributed by atoms with Gasteiger partial charge in [0, 0.05) is 7.11 Å². The number of unbranched alkanes of at least 4 members (excludes halogenated alkanes) is 2. The van der Waals surface area contributed by atoms with Crippen LogP contribution in [0.1, 0.15) is 19.8 Å². The first kappa shape index (κ1) is 8.70. The summed E-state index contributed by atoms with van der Waals surface area (Å²) in [5, 5.41) is 0. The Balaban J connectivity index is 2.86. The molecule has 1 heteroatoms. The van der Waals surface area contributed by atoms with Gasteiger partial charge in [0.2, 0.25) is 0 Å². The fourth-order valence-electron chi connectivity index (χ4n) is 0.523. The highest BCUT2D eigenvalue weighted by molar-refractivity contribution is 4.86. The number of ether oxygens (including phenoxy) is 1. The van der Waals surface area contributed by atoms with Gasteiger partial charge in [-0.15, -0.1) is 0 Å². The summed E-state index contributed by atoms with van der Waals surface area (Å²) in [7, 11) is 1.70. The zero-order valence-corrected chi connectivity index (χ0v) is 6.26. The number of hydrogen-bond acceptors (Lipinski definition) is 1. The molecule has 0 aromatic rings. The molecule has 0 aromatic heterocycles. The molecule has 0 N–H and O–H groups in total. The quantitative estimate of drug-likeness (QED) is 0.406. The molecular formula is C8H15O. The summed E-state index contributed by atoms with van der Waals surface area (Å²) in [6, 6.07) is 0. The van der Waals surface area contributed by atoms with Gasteiger partial charge in [0.15, 0.2) is 0 Å². The number of hydrogen-bond donors (Lipinski definition) is 0. The second-order valence-electron chi connectivity index (χ2n) is 1.86. The van der Waals surface area contributed by atoms with Crippen molar-refractivity contribution in [1.82, 2.24) is 0 Å². The zero-order chi connectivity index (χ0) is 6.95. The summed E-state index contributed by atoms with van der Waals surface area (Å²) in [6.45, 7) is 2.88. The molecule has 0 amide bonds. The summed E-state index contributed by atoms with van der Waals surface area (Å²) in [5.41, 5.74) is 0. The second-order valence-corrected chi connectivity index (χ2v) is 1.86. The Morgan fingerprint density at radius 2 is 2.11 bits per heavy atom. The second kappa shape index (κ2) is 7.70. The lowest BCUT2D eigenvalue weighted by Crippen LogP contribution is -1.79. The first-order chi connectivity index (χ1) is 4.41. The van der Waals surface area contributed by atoms with Crippen LogP contribution in [0.2, 0.25) is 0 Å². The lowest BCUT2D eigenvalue weighted by Gasteiger charge is -1.88. The minimum Gasteiger partial charge on any atom is -0.381 e. The summed E-state index contributed by atoms with van der Waals surface area (Å²) < 4.78 is 4.82. The third kappa shape index (κ3) is 7.70. The van der Waals surface area contributed by atoms with Crippen LogP contribution < -0.4 is 0 Å². The van der Waals surface area contributed by atoms with Crippen LogP contribution in [0.5, 0.6) is 0 Å². The van der Waals surface area contributed by atoms with Crippen molar-refractivity contribution in [2.45, 2.75) is 19.8 Å². The van der Waals surface area contributed by atoms with E-state index in [0.717, 1.165) is 19.4 Å². The van der Waals surface area contributed by atoms with Crippen molar-refractivity contribution >= 4 is 0 Å². The van der Waals surface area contributed by atoms with Gasteiger partial charge >= 0.3 is 0 Å². The smallest absolute Gasteiger partial charge is 0.0643 e. The molecule has 9 heavy (non-hydrogen) atoms. The molecule has 0 aliphatic rings. The van der Waals surface area contributed by atoms with E-state index in [4.69, 9.17) is 4.74 Å². The van der Waals surface area contributed by atoms with Crippen molar-refractivity contribution in [2.24, 2.45) is 0 Å². The molecule has 0 aromatic carbocycles. The van der Waals surface area contributed by atoms with Crippen LogP contribution in [0.3, 0.4) is 0 Å². The van der Waals surface area contributed by atoms with Crippen molar-refractivity contribution in [2.75, 3.05) is 13.7 Å². The van der Waals surface area contributed by atoms with Crippen LogP contribution in [0.25, 0.3) is 0 Å². The first-order valence-corrected chi connectivity index (χ1v) is 3.37. The Morgan fingerprint density at radius 1 is 1.33 bits per heavy atom. The predicted molar refractivity (Wildman–Crippen MR) is 40.2 cm³/mol. The maximum atomic E-state index is 4.82. The molecule has 0 spiro atoms. The van der Waals surface area contributed by atoms with Gasteiger partial charge in [-0.05, 0) is 12.8 Å². The third-order valence-electron chi connectivity index (χ3n) is 1.02. The molecule has 0 saturated heterocycles. The molecular weight excluding hydrogens is 112 g/mol. The van der Waals surface area contributed by atoms with Crippen LogP contribution in [0.4, 0.5) is 0 Å². The van der Waals surface area contributed by atoms with Gasteiger partial charge in [-0.2, -0.15) is 0 Å². The molecule has 0 aliphatic heterocycles. The summed E-state index contributed by atoms with van der Waals surface area (Å²) in [5.74, 6) is 0. The normalized spacial score (nSPS) is 10.9. The molecule has 0 saturated carbocycles. The molecule has 1 nitrogen and oxygen atoms in total. The highest BCUT2D eigenvalue weighted by Gasteiger charge is 1.76. The number of allylic oxidation sites excluding steroid dienone is 1. The standard InChI is InChI=1S/C8H15O/c1-3-4-5-6-7-8-9-2/h4,6-7H,3,5,8H2,1-2H3. The maximum absolute atomic E-state index is 4.82. The van der Waals surface area contributed by atoms with E-state index in [1.165, 1.54) is 0 Å². The Morgan fingerprint density at radius 3 is 2.67 bits per heavy atom. The SMILES string of the molecule is CC[CH]CC=CCOC. The largest absolute Gasteiger partial charge is 0.381 e. The van der Waals surface area contributed by atoms with E-state index in [0.29, 0.717) is 0 Å². The topological polar surface area (TPSA) is 9.23 Å². The lowest BCUT2D eigenvalue weighted by molar-refractivity contribution is 0.233. The first-order valence-electron chi connectivity index (χ1n) is 3.37. The monoisotopic (exact) mass is 127 g/mol. The molecule has 0 unspecified atom stereocenters. The highest BCUT2D eigenvalue weighted by Crippen LogP contribution is 1.92. The van der Waals surface area contributed by atoms with Crippen LogP contribution >= 0.6 is 0 Å². The zero-order valence-electron chi connectivity index (χ0n) is 6.26. The summed E-state index contributed by atoms with van der Waals surface area (Å²) in [6.07, 6.45) is 8.60. The molecule has 0 bridgehead atoms. The van der Waals surface area contributed by atoms with E-state index in [1.54, 1.807) is 7.11 Å². The molecule has 53 valence electrons. The minimum atomic E-state index is 0.734. The average Bonchev–Trinajstić information content (AvgIpc) is 1.89. The van der Waals surface area contributed by atoms with E-state index in [9.17, 15) is 0 Å². The average molecular weight is 127 g/mol. The van der Waals surface area contributed by atoms with Crippen molar-refractivity contribution in [3.8, 4) is 0 Å². The molecule has 0 heterocycles. The van der Waals surface area contributed by atoms with Crippen molar-refractivity contribution < 1.29 is 4.74 Å². The lowest BCUT2D eigenvalue weighted by atomic mass is 10.2. The van der Waals surface area contributed by atoms with Crippen LogP contribution in [0, 0.1) is 6.42 Å². The molecule has 0 fully saturated rings. The Hall–Kier alpha value is -0.300. The Kier molecular flexibility index (Phi) is 7.44. The third-order valence-corrected chi connectivity index (χ3v) is 1.02. The van der Waals surface area contributed by atoms with E-state index < -0.39 is 0 Å². The minimum absolute atomic E-state index is 0.734. The Labute approximate surface area is 57.7 Å². The van der Waals surface area contributed by atoms with E-state index in [2.05, 4.69) is 19.4 Å². The maximum Gasteiger partial charge on any atom is 0.0643 e. The van der Waals surface area contributed by atoms with Crippen molar-refractivity contribution in [1.29, 1.82) is 0 Å². The predicted octanol–water partition coefficient (Wildman–Crippen LogP) is 2.19. The van der Waals surface area contributed by atoms with Crippen LogP contribution in [0.15, 0.2) is 12.2 Å². The fourth-order valence-corrected chi connectivity index (χ4v) is 0.523. The van der Waals surface area contributed by atoms with Gasteiger partial charge in [-0.1, -0.05) is 25.5 Å². The highest BCUT2D eigenvalue weighted by atomic mass is 16.5. The van der Waals surface area contributed by atoms with E-state index in [1.807, 2.05) is 6.08 Å². The van der Waals surface area contributed by atoms with Gasteiger partial charge in [-0.25, -0.2) is 0 Å². The van der Waals surface area contributed by atoms with Gasteiger partial charge < -0.3 is 4.74 Å². The van der Waals surface area contributed by atoms with E-state index >= 15 is 0 Å². The molecule has 1 radical (unpaired) electrons.